The van der Waals surface area contributed by atoms with Crippen LogP contribution in [-0.4, -0.2) is 56.7 Å². The second-order valence-electron chi connectivity index (χ2n) is 8.33. The molecular weight excluding hydrogens is 428 g/mol. The van der Waals surface area contributed by atoms with Crippen molar-refractivity contribution in [2.75, 3.05) is 55.9 Å². The summed E-state index contributed by atoms with van der Waals surface area (Å²) in [6, 6.07) is 18.3. The molecule has 8 heteroatoms. The van der Waals surface area contributed by atoms with Gasteiger partial charge < -0.3 is 25.2 Å². The van der Waals surface area contributed by atoms with Crippen molar-refractivity contribution in [3.8, 4) is 0 Å². The van der Waals surface area contributed by atoms with Gasteiger partial charge in [-0.1, -0.05) is 42.5 Å². The van der Waals surface area contributed by atoms with Crippen LogP contribution in [0.3, 0.4) is 0 Å². The molecule has 34 heavy (non-hydrogen) atoms. The molecule has 3 aromatic rings. The number of aromatic nitrogens is 2. The molecule has 4 rings (SSSR count). The third-order valence-corrected chi connectivity index (χ3v) is 5.99. The van der Waals surface area contributed by atoms with E-state index < -0.39 is 0 Å². The summed E-state index contributed by atoms with van der Waals surface area (Å²) >= 11 is 0. The molecule has 1 amide bonds. The predicted octanol–water partition coefficient (Wildman–Crippen LogP) is 3.48. The maximum atomic E-state index is 13.4. The normalized spacial score (nSPS) is 14.5. The maximum Gasteiger partial charge on any atom is 0.263 e. The number of nitrogens with one attached hydrogen (secondary N) is 2. The van der Waals surface area contributed by atoms with Gasteiger partial charge in [0, 0.05) is 39.1 Å². The summed E-state index contributed by atoms with van der Waals surface area (Å²) in [5.41, 5.74) is 3.53. The molecular formula is C26H32N6O2. The Kier molecular flexibility index (Phi) is 7.72. The Hall–Kier alpha value is -3.49. The van der Waals surface area contributed by atoms with Crippen LogP contribution in [0, 0.1) is 0 Å². The molecule has 2 heterocycles. The first kappa shape index (κ1) is 23.7. The first-order valence-corrected chi connectivity index (χ1v) is 11.6. The van der Waals surface area contributed by atoms with E-state index >= 15 is 0 Å². The Balaban J connectivity index is 1.53. The number of hydrogen-bond acceptors (Lipinski definition) is 7. The molecule has 0 radical (unpaired) electrons. The minimum absolute atomic E-state index is 0.00355. The van der Waals surface area contributed by atoms with Crippen LogP contribution in [0.1, 0.15) is 34.0 Å². The molecule has 1 aromatic heterocycles. The van der Waals surface area contributed by atoms with Crippen LogP contribution in [0.25, 0.3) is 0 Å². The van der Waals surface area contributed by atoms with Gasteiger partial charge in [0.05, 0.1) is 12.7 Å². The molecule has 0 saturated carbocycles. The summed E-state index contributed by atoms with van der Waals surface area (Å²) in [5, 5.41) is 6.14. The van der Waals surface area contributed by atoms with Gasteiger partial charge in [-0.25, -0.2) is 4.98 Å². The van der Waals surface area contributed by atoms with Crippen LogP contribution in [-0.2, 0) is 11.3 Å². The van der Waals surface area contributed by atoms with Crippen molar-refractivity contribution in [2.24, 2.45) is 0 Å². The van der Waals surface area contributed by atoms with Crippen molar-refractivity contribution >= 4 is 23.4 Å². The summed E-state index contributed by atoms with van der Waals surface area (Å²) in [4.78, 5) is 26.0. The lowest BCUT2D eigenvalue weighted by molar-refractivity contribution is 0.0344. The number of carbonyl (C=O) groups is 1. The number of amides is 1. The average molecular weight is 461 g/mol. The molecule has 0 spiro atoms. The molecule has 8 nitrogen and oxygen atoms in total. The SMILES string of the molecule is CNCC[C@@H](OCc1cccc(N2CCN(C)c3nc(NC)ncc3C2=O)c1)c1ccccc1. The zero-order chi connectivity index (χ0) is 23.9. The maximum absolute atomic E-state index is 13.4. The minimum atomic E-state index is -0.101. The number of fused-ring (bicyclic) bond motifs is 1. The first-order chi connectivity index (χ1) is 16.6. The molecule has 1 aliphatic rings. The number of anilines is 3. The Morgan fingerprint density at radius 3 is 2.68 bits per heavy atom. The molecule has 0 bridgehead atoms. The Bertz CT molecular complexity index is 1110. The lowest BCUT2D eigenvalue weighted by Crippen LogP contribution is -2.33. The van der Waals surface area contributed by atoms with Crippen LogP contribution in [0.4, 0.5) is 17.5 Å². The van der Waals surface area contributed by atoms with Gasteiger partial charge in [0.15, 0.2) is 0 Å². The molecule has 1 atom stereocenters. The highest BCUT2D eigenvalue weighted by Crippen LogP contribution is 2.28. The van der Waals surface area contributed by atoms with Gasteiger partial charge in [0.25, 0.3) is 5.91 Å². The summed E-state index contributed by atoms with van der Waals surface area (Å²) < 4.78 is 6.33. The fourth-order valence-electron chi connectivity index (χ4n) is 4.08. The number of carbonyl (C=O) groups excluding carboxylic acids is 1. The van der Waals surface area contributed by atoms with Crippen LogP contribution in [0.2, 0.25) is 0 Å². The number of benzene rings is 2. The van der Waals surface area contributed by atoms with Crippen molar-refractivity contribution in [3.05, 3.63) is 77.5 Å². The summed E-state index contributed by atoms with van der Waals surface area (Å²) in [6.07, 6.45) is 2.48. The predicted molar refractivity (Wildman–Crippen MR) is 135 cm³/mol. The lowest BCUT2D eigenvalue weighted by Gasteiger charge is -2.22. The zero-order valence-corrected chi connectivity index (χ0v) is 20.0. The summed E-state index contributed by atoms with van der Waals surface area (Å²) in [6.45, 7) is 2.55. The fraction of sp³-hybridized carbons (Fsp3) is 0.346. The van der Waals surface area contributed by atoms with Gasteiger partial charge in [-0.15, -0.1) is 0 Å². The van der Waals surface area contributed by atoms with E-state index in [4.69, 9.17) is 4.74 Å². The highest BCUT2D eigenvalue weighted by atomic mass is 16.5. The zero-order valence-electron chi connectivity index (χ0n) is 20.0. The second kappa shape index (κ2) is 11.1. The molecule has 0 fully saturated rings. The van der Waals surface area contributed by atoms with Crippen LogP contribution in [0.5, 0.6) is 0 Å². The smallest absolute Gasteiger partial charge is 0.263 e. The van der Waals surface area contributed by atoms with Gasteiger partial charge in [0.1, 0.15) is 11.4 Å². The highest BCUT2D eigenvalue weighted by molar-refractivity contribution is 6.09. The number of nitrogens with zero attached hydrogens (tertiary/aromatic N) is 4. The second-order valence-corrected chi connectivity index (χ2v) is 8.33. The summed E-state index contributed by atoms with van der Waals surface area (Å²) in [5.74, 6) is 1.04. The van der Waals surface area contributed by atoms with Gasteiger partial charge in [-0.05, 0) is 43.3 Å². The van der Waals surface area contributed by atoms with Gasteiger partial charge in [-0.2, -0.15) is 4.98 Å². The van der Waals surface area contributed by atoms with E-state index in [1.165, 1.54) is 0 Å². The van der Waals surface area contributed by atoms with E-state index in [9.17, 15) is 4.79 Å². The number of hydrogen-bond donors (Lipinski definition) is 2. The molecule has 0 saturated heterocycles. The molecule has 0 aliphatic carbocycles. The number of ether oxygens (including phenoxy) is 1. The Morgan fingerprint density at radius 2 is 1.91 bits per heavy atom. The van der Waals surface area contributed by atoms with Crippen LogP contribution in [0.15, 0.2) is 60.8 Å². The van der Waals surface area contributed by atoms with E-state index in [1.54, 1.807) is 18.1 Å². The van der Waals surface area contributed by atoms with E-state index in [-0.39, 0.29) is 12.0 Å². The van der Waals surface area contributed by atoms with E-state index in [0.717, 1.165) is 29.8 Å². The molecule has 178 valence electrons. The Morgan fingerprint density at radius 1 is 1.09 bits per heavy atom. The largest absolute Gasteiger partial charge is 0.369 e. The van der Waals surface area contributed by atoms with Crippen LogP contribution >= 0.6 is 0 Å². The fourth-order valence-corrected chi connectivity index (χ4v) is 4.08. The first-order valence-electron chi connectivity index (χ1n) is 11.6. The average Bonchev–Trinajstić information content (AvgIpc) is 3.00. The molecule has 1 aliphatic heterocycles. The van der Waals surface area contributed by atoms with Crippen molar-refractivity contribution < 1.29 is 9.53 Å². The van der Waals surface area contributed by atoms with E-state index in [2.05, 4.69) is 32.7 Å². The van der Waals surface area contributed by atoms with Gasteiger partial charge >= 0.3 is 0 Å². The Labute approximate surface area is 201 Å². The molecule has 2 N–H and O–H groups in total. The van der Waals surface area contributed by atoms with E-state index in [0.29, 0.717) is 37.0 Å². The van der Waals surface area contributed by atoms with Crippen LogP contribution < -0.4 is 20.4 Å². The third-order valence-electron chi connectivity index (χ3n) is 5.99. The minimum Gasteiger partial charge on any atom is -0.369 e. The monoisotopic (exact) mass is 460 g/mol. The summed E-state index contributed by atoms with van der Waals surface area (Å²) in [7, 11) is 5.66. The van der Waals surface area contributed by atoms with E-state index in [1.807, 2.05) is 61.5 Å². The number of rotatable bonds is 9. The van der Waals surface area contributed by atoms with Crippen molar-refractivity contribution in [2.45, 2.75) is 19.1 Å². The third kappa shape index (κ3) is 5.35. The topological polar surface area (TPSA) is 82.6 Å². The van der Waals surface area contributed by atoms with Crippen molar-refractivity contribution in [1.82, 2.24) is 15.3 Å². The van der Waals surface area contributed by atoms with Crippen molar-refractivity contribution in [3.63, 3.8) is 0 Å². The lowest BCUT2D eigenvalue weighted by atomic mass is 10.1. The standard InChI is InChI=1S/C26H32N6O2/c1-27-13-12-23(20-9-5-4-6-10-20)34-18-19-8-7-11-21(16-19)32-15-14-31(3)24-22(25(32)33)17-29-26(28-2)30-24/h4-11,16-17,23,27H,12-15,18H2,1-3H3,(H,28,29,30)/t23-/m1/s1. The quantitative estimate of drug-likeness (QED) is 0.506. The number of likely N-dealkylation sites (N-methyl/N-ethyl adjacent to an activating group) is 1. The van der Waals surface area contributed by atoms with Gasteiger partial charge in [0.2, 0.25) is 5.95 Å². The molecule has 2 aromatic carbocycles. The highest BCUT2D eigenvalue weighted by Gasteiger charge is 2.28. The van der Waals surface area contributed by atoms with Crippen molar-refractivity contribution in [1.29, 1.82) is 0 Å². The van der Waals surface area contributed by atoms with Gasteiger partial charge in [-0.3, -0.25) is 4.79 Å². The molecule has 0 unspecified atom stereocenters.